The van der Waals surface area contributed by atoms with Gasteiger partial charge in [-0.05, 0) is 33.3 Å². The van der Waals surface area contributed by atoms with Crippen LogP contribution in [0.5, 0.6) is 11.5 Å². The van der Waals surface area contributed by atoms with Gasteiger partial charge >= 0.3 is 0 Å². The Morgan fingerprint density at radius 3 is 2.60 bits per heavy atom. The molecule has 1 amide bonds. The molecule has 0 aliphatic rings. The number of ether oxygens (including phenoxy) is 2. The van der Waals surface area contributed by atoms with Crippen LogP contribution in [0.4, 0.5) is 0 Å². The highest BCUT2D eigenvalue weighted by Crippen LogP contribution is 2.37. The summed E-state index contributed by atoms with van der Waals surface area (Å²) in [6.07, 6.45) is 0. The predicted octanol–water partition coefficient (Wildman–Crippen LogP) is 0.605. The monoisotopic (exact) mass is 341 g/mol. The first kappa shape index (κ1) is 14.3. The second-order valence-electron chi connectivity index (χ2n) is 3.80. The van der Waals surface area contributed by atoms with Crippen LogP contribution < -0.4 is 15.2 Å². The third-order valence-electron chi connectivity index (χ3n) is 2.46. The minimum atomic E-state index is -0.541. The molecule has 9 heteroatoms. The molecule has 1 heterocycles. The number of rotatable bonds is 5. The van der Waals surface area contributed by atoms with Crippen molar-refractivity contribution in [2.75, 3.05) is 14.2 Å². The van der Waals surface area contributed by atoms with E-state index < -0.39 is 5.91 Å². The molecule has 0 radical (unpaired) electrons. The summed E-state index contributed by atoms with van der Waals surface area (Å²) in [5, 5.41) is 11.7. The van der Waals surface area contributed by atoms with Gasteiger partial charge in [0.05, 0.1) is 14.2 Å². The molecule has 0 fully saturated rings. The Labute approximate surface area is 123 Å². The zero-order valence-corrected chi connectivity index (χ0v) is 12.4. The maximum Gasteiger partial charge on any atom is 0.241 e. The average Bonchev–Trinajstić information content (AvgIpc) is 2.85. The van der Waals surface area contributed by atoms with E-state index in [0.717, 1.165) is 4.80 Å². The molecule has 0 aliphatic heterocycles. The van der Waals surface area contributed by atoms with E-state index in [2.05, 4.69) is 31.3 Å². The van der Waals surface area contributed by atoms with Crippen molar-refractivity contribution in [2.24, 2.45) is 5.73 Å². The number of halogens is 1. The fourth-order valence-electron chi connectivity index (χ4n) is 1.58. The summed E-state index contributed by atoms with van der Waals surface area (Å²) in [7, 11) is 3.08. The van der Waals surface area contributed by atoms with Crippen LogP contribution in [-0.2, 0) is 11.3 Å². The van der Waals surface area contributed by atoms with Gasteiger partial charge in [-0.3, -0.25) is 4.79 Å². The summed E-state index contributed by atoms with van der Waals surface area (Å²) in [6, 6.07) is 3.46. The maximum absolute atomic E-state index is 10.8. The van der Waals surface area contributed by atoms with Crippen LogP contribution in [0.25, 0.3) is 11.4 Å². The van der Waals surface area contributed by atoms with Gasteiger partial charge in [-0.15, -0.1) is 10.2 Å². The highest BCUT2D eigenvalue weighted by molar-refractivity contribution is 9.10. The van der Waals surface area contributed by atoms with Crippen molar-refractivity contribution in [2.45, 2.75) is 6.54 Å². The number of tetrazole rings is 1. The molecule has 8 nitrogen and oxygen atoms in total. The van der Waals surface area contributed by atoms with E-state index in [1.807, 2.05) is 0 Å². The second kappa shape index (κ2) is 5.87. The number of hydrogen-bond donors (Lipinski definition) is 1. The minimum Gasteiger partial charge on any atom is -0.493 e. The van der Waals surface area contributed by atoms with Crippen molar-refractivity contribution >= 4 is 21.8 Å². The van der Waals surface area contributed by atoms with Gasteiger partial charge in [-0.2, -0.15) is 4.80 Å². The molecule has 1 aromatic heterocycles. The van der Waals surface area contributed by atoms with Crippen LogP contribution in [0.3, 0.4) is 0 Å². The first-order chi connectivity index (χ1) is 9.55. The first-order valence-corrected chi connectivity index (χ1v) is 6.32. The van der Waals surface area contributed by atoms with Crippen LogP contribution in [0, 0.1) is 0 Å². The molecule has 0 saturated heterocycles. The number of amides is 1. The van der Waals surface area contributed by atoms with E-state index in [4.69, 9.17) is 15.2 Å². The van der Waals surface area contributed by atoms with Gasteiger partial charge in [0.1, 0.15) is 6.54 Å². The third-order valence-corrected chi connectivity index (χ3v) is 3.12. The van der Waals surface area contributed by atoms with Crippen LogP contribution in [-0.4, -0.2) is 40.3 Å². The number of benzene rings is 1. The van der Waals surface area contributed by atoms with E-state index in [0.29, 0.717) is 27.4 Å². The number of methoxy groups -OCH3 is 2. The summed E-state index contributed by atoms with van der Waals surface area (Å²) in [5.41, 5.74) is 5.74. The Balaban J connectivity index is 2.41. The van der Waals surface area contributed by atoms with Gasteiger partial charge in [0, 0.05) is 10.0 Å². The normalized spacial score (nSPS) is 10.3. The van der Waals surface area contributed by atoms with Gasteiger partial charge in [0.15, 0.2) is 11.5 Å². The topological polar surface area (TPSA) is 105 Å². The number of nitrogens with zero attached hydrogens (tertiary/aromatic N) is 4. The zero-order chi connectivity index (χ0) is 14.7. The molecule has 20 heavy (non-hydrogen) atoms. The Kier molecular flexibility index (Phi) is 4.18. The number of aromatic nitrogens is 4. The molecule has 2 N–H and O–H groups in total. The van der Waals surface area contributed by atoms with Crippen LogP contribution >= 0.6 is 15.9 Å². The smallest absolute Gasteiger partial charge is 0.241 e. The van der Waals surface area contributed by atoms with E-state index >= 15 is 0 Å². The molecule has 0 unspecified atom stereocenters. The van der Waals surface area contributed by atoms with Crippen molar-refractivity contribution in [3.63, 3.8) is 0 Å². The Hall–Kier alpha value is -2.16. The summed E-state index contributed by atoms with van der Waals surface area (Å²) in [6.45, 7) is -0.127. The molecule has 106 valence electrons. The molecule has 0 spiro atoms. The van der Waals surface area contributed by atoms with Gasteiger partial charge in [0.25, 0.3) is 0 Å². The Morgan fingerprint density at radius 2 is 2.00 bits per heavy atom. The van der Waals surface area contributed by atoms with Crippen molar-refractivity contribution in [3.05, 3.63) is 16.6 Å². The first-order valence-electron chi connectivity index (χ1n) is 5.53. The lowest BCUT2D eigenvalue weighted by atomic mass is 10.2. The quantitative estimate of drug-likeness (QED) is 0.853. The predicted molar refractivity (Wildman–Crippen MR) is 73.3 cm³/mol. The van der Waals surface area contributed by atoms with Crippen LogP contribution in [0.15, 0.2) is 16.6 Å². The average molecular weight is 342 g/mol. The minimum absolute atomic E-state index is 0.127. The lowest BCUT2D eigenvalue weighted by Gasteiger charge is -2.09. The van der Waals surface area contributed by atoms with Gasteiger partial charge < -0.3 is 15.2 Å². The third kappa shape index (κ3) is 2.87. The standard InChI is InChI=1S/C11H12BrN5O3/c1-19-8-3-6(7(12)4-9(8)20-2)11-14-16-17(15-11)5-10(13)18/h3-4H,5H2,1-2H3,(H2,13,18). The highest BCUT2D eigenvalue weighted by Gasteiger charge is 2.15. The fraction of sp³-hybridized carbons (Fsp3) is 0.273. The number of carbonyl (C=O) groups excluding carboxylic acids is 1. The van der Waals surface area contributed by atoms with Gasteiger partial charge in [-0.25, -0.2) is 0 Å². The van der Waals surface area contributed by atoms with E-state index in [-0.39, 0.29) is 6.54 Å². The molecule has 0 aliphatic carbocycles. The van der Waals surface area contributed by atoms with Crippen molar-refractivity contribution in [3.8, 4) is 22.9 Å². The van der Waals surface area contributed by atoms with Gasteiger partial charge in [0.2, 0.25) is 11.7 Å². The fourth-order valence-corrected chi connectivity index (χ4v) is 2.08. The van der Waals surface area contributed by atoms with E-state index in [1.54, 1.807) is 19.2 Å². The van der Waals surface area contributed by atoms with Gasteiger partial charge in [-0.1, -0.05) is 0 Å². The lowest BCUT2D eigenvalue weighted by Crippen LogP contribution is -2.20. The number of nitrogens with two attached hydrogens (primary N) is 1. The second-order valence-corrected chi connectivity index (χ2v) is 4.65. The van der Waals surface area contributed by atoms with Crippen molar-refractivity contribution in [1.29, 1.82) is 0 Å². The molecular formula is C11H12BrN5O3. The number of hydrogen-bond acceptors (Lipinski definition) is 6. The zero-order valence-electron chi connectivity index (χ0n) is 10.8. The van der Waals surface area contributed by atoms with Crippen LogP contribution in [0.2, 0.25) is 0 Å². The number of carbonyl (C=O) groups is 1. The largest absolute Gasteiger partial charge is 0.493 e. The van der Waals surface area contributed by atoms with Crippen molar-refractivity contribution < 1.29 is 14.3 Å². The SMILES string of the molecule is COc1cc(Br)c(-c2nnn(CC(N)=O)n2)cc1OC. The molecule has 0 atom stereocenters. The summed E-state index contributed by atoms with van der Waals surface area (Å²) < 4.78 is 11.1. The summed E-state index contributed by atoms with van der Waals surface area (Å²) >= 11 is 3.40. The maximum atomic E-state index is 10.8. The van der Waals surface area contributed by atoms with E-state index in [1.165, 1.54) is 7.11 Å². The molecule has 0 bridgehead atoms. The van der Waals surface area contributed by atoms with E-state index in [9.17, 15) is 4.79 Å². The highest BCUT2D eigenvalue weighted by atomic mass is 79.9. The lowest BCUT2D eigenvalue weighted by molar-refractivity contribution is -0.118. The van der Waals surface area contributed by atoms with Crippen LogP contribution in [0.1, 0.15) is 0 Å². The number of primary amides is 1. The Bertz CT molecular complexity index is 643. The molecule has 2 aromatic rings. The Morgan fingerprint density at radius 1 is 1.35 bits per heavy atom. The molecule has 1 aromatic carbocycles. The molecule has 0 saturated carbocycles. The molecule has 2 rings (SSSR count). The van der Waals surface area contributed by atoms with Crippen molar-refractivity contribution in [1.82, 2.24) is 20.2 Å². The summed E-state index contributed by atoms with van der Waals surface area (Å²) in [5.74, 6) is 0.920. The summed E-state index contributed by atoms with van der Waals surface area (Å²) in [4.78, 5) is 11.9. The molecular weight excluding hydrogens is 330 g/mol.